The van der Waals surface area contributed by atoms with Gasteiger partial charge in [0.15, 0.2) is 0 Å². The molecular weight excluding hydrogens is 294 g/mol. The van der Waals surface area contributed by atoms with E-state index in [1.54, 1.807) is 29.7 Å². The summed E-state index contributed by atoms with van der Waals surface area (Å²) in [5, 5.41) is 6.00. The van der Waals surface area contributed by atoms with E-state index >= 15 is 0 Å². The number of nitrogens with one attached hydrogen (secondary N) is 1. The van der Waals surface area contributed by atoms with Crippen LogP contribution < -0.4 is 5.43 Å². The Bertz CT molecular complexity index is 786. The van der Waals surface area contributed by atoms with Crippen molar-refractivity contribution in [1.29, 1.82) is 0 Å². The fraction of sp³-hybridized carbons (Fsp3) is 0.0588. The fourth-order valence-electron chi connectivity index (χ4n) is 2.02. The smallest absolute Gasteiger partial charge is 0.271 e. The van der Waals surface area contributed by atoms with Crippen LogP contribution in [0.2, 0.25) is 0 Å². The molecule has 0 saturated heterocycles. The Labute approximate surface area is 132 Å². The van der Waals surface area contributed by atoms with Gasteiger partial charge in [-0.1, -0.05) is 0 Å². The molecule has 22 heavy (non-hydrogen) atoms. The average molecular weight is 309 g/mol. The first-order chi connectivity index (χ1) is 10.7. The van der Waals surface area contributed by atoms with Crippen molar-refractivity contribution < 1.29 is 4.79 Å². The van der Waals surface area contributed by atoms with E-state index in [9.17, 15) is 4.79 Å². The molecule has 4 nitrogen and oxygen atoms in total. The lowest BCUT2D eigenvalue weighted by atomic mass is 10.2. The van der Waals surface area contributed by atoms with Crippen molar-refractivity contribution in [2.24, 2.45) is 5.10 Å². The van der Waals surface area contributed by atoms with Crippen LogP contribution in [0.15, 0.2) is 65.3 Å². The van der Waals surface area contributed by atoms with Gasteiger partial charge >= 0.3 is 0 Å². The van der Waals surface area contributed by atoms with Gasteiger partial charge in [0.2, 0.25) is 0 Å². The van der Waals surface area contributed by atoms with Gasteiger partial charge in [-0.15, -0.1) is 11.3 Å². The molecule has 1 N–H and O–H groups in total. The number of rotatable bonds is 4. The van der Waals surface area contributed by atoms with Gasteiger partial charge in [-0.3, -0.25) is 4.79 Å². The number of hydrogen-bond donors (Lipinski definition) is 1. The maximum absolute atomic E-state index is 12.0. The number of hydrogen-bond acceptors (Lipinski definition) is 3. The second-order valence-corrected chi connectivity index (χ2v) is 5.75. The summed E-state index contributed by atoms with van der Waals surface area (Å²) in [6.45, 7) is 2.01. The molecule has 3 aromatic rings. The molecule has 0 bridgehead atoms. The van der Waals surface area contributed by atoms with Gasteiger partial charge in [-0.05, 0) is 60.3 Å². The third-order valence-electron chi connectivity index (χ3n) is 3.28. The molecule has 1 amide bonds. The van der Waals surface area contributed by atoms with Crippen molar-refractivity contribution in [2.45, 2.75) is 6.92 Å². The van der Waals surface area contributed by atoms with Crippen molar-refractivity contribution in [3.8, 4) is 5.69 Å². The second-order valence-electron chi connectivity index (χ2n) is 4.80. The summed E-state index contributed by atoms with van der Waals surface area (Å²) in [5.74, 6) is -0.218. The molecule has 0 atom stereocenters. The van der Waals surface area contributed by atoms with E-state index in [4.69, 9.17) is 0 Å². The highest BCUT2D eigenvalue weighted by Gasteiger charge is 2.04. The molecule has 0 aliphatic rings. The third kappa shape index (κ3) is 3.15. The van der Waals surface area contributed by atoms with Gasteiger partial charge < -0.3 is 4.57 Å². The Morgan fingerprint density at radius 1 is 1.18 bits per heavy atom. The molecular formula is C17H15N3OS. The maximum atomic E-state index is 12.0. The van der Waals surface area contributed by atoms with Crippen molar-refractivity contribution in [1.82, 2.24) is 9.99 Å². The van der Waals surface area contributed by atoms with Gasteiger partial charge in [0, 0.05) is 28.5 Å². The highest BCUT2D eigenvalue weighted by Crippen LogP contribution is 2.12. The van der Waals surface area contributed by atoms with Gasteiger partial charge in [0.1, 0.15) is 0 Å². The monoisotopic (exact) mass is 309 g/mol. The number of nitrogens with zero attached hydrogens (tertiary/aromatic N) is 2. The first-order valence-corrected chi connectivity index (χ1v) is 7.73. The molecule has 0 unspecified atom stereocenters. The zero-order chi connectivity index (χ0) is 15.4. The van der Waals surface area contributed by atoms with E-state index in [0.717, 1.165) is 16.1 Å². The quantitative estimate of drug-likeness (QED) is 0.581. The van der Waals surface area contributed by atoms with E-state index in [2.05, 4.69) is 10.5 Å². The first-order valence-electron chi connectivity index (χ1n) is 6.85. The highest BCUT2D eigenvalue weighted by atomic mass is 32.1. The SMILES string of the molecule is Cc1ccsc1/C=N/NC(=O)c1ccc(-n2cccc2)cc1. The van der Waals surface area contributed by atoms with Crippen LogP contribution in [-0.2, 0) is 0 Å². The van der Waals surface area contributed by atoms with Crippen LogP contribution in [0, 0.1) is 6.92 Å². The minimum Gasteiger partial charge on any atom is -0.324 e. The summed E-state index contributed by atoms with van der Waals surface area (Å²) in [5.41, 5.74) is 5.29. The van der Waals surface area contributed by atoms with Crippen LogP contribution in [0.25, 0.3) is 5.69 Å². The number of thiophene rings is 1. The van der Waals surface area contributed by atoms with Crippen molar-refractivity contribution >= 4 is 23.5 Å². The summed E-state index contributed by atoms with van der Waals surface area (Å²) in [6, 6.07) is 13.3. The number of aromatic nitrogens is 1. The van der Waals surface area contributed by atoms with Gasteiger partial charge in [-0.25, -0.2) is 5.43 Å². The van der Waals surface area contributed by atoms with Crippen LogP contribution >= 0.6 is 11.3 Å². The molecule has 0 aliphatic carbocycles. The molecule has 0 fully saturated rings. The molecule has 0 radical (unpaired) electrons. The summed E-state index contributed by atoms with van der Waals surface area (Å²) < 4.78 is 1.99. The average Bonchev–Trinajstić information content (AvgIpc) is 3.20. The Morgan fingerprint density at radius 3 is 2.55 bits per heavy atom. The fourth-order valence-corrected chi connectivity index (χ4v) is 2.81. The van der Waals surface area contributed by atoms with E-state index in [1.807, 2.05) is 59.6 Å². The van der Waals surface area contributed by atoms with E-state index in [-0.39, 0.29) is 5.91 Å². The minimum atomic E-state index is -0.218. The minimum absolute atomic E-state index is 0.218. The normalized spacial score (nSPS) is 11.0. The molecule has 1 aromatic carbocycles. The second kappa shape index (κ2) is 6.41. The Morgan fingerprint density at radius 2 is 1.91 bits per heavy atom. The van der Waals surface area contributed by atoms with Crippen LogP contribution in [0.3, 0.4) is 0 Å². The largest absolute Gasteiger partial charge is 0.324 e. The van der Waals surface area contributed by atoms with Gasteiger partial charge in [-0.2, -0.15) is 5.10 Å². The zero-order valence-electron chi connectivity index (χ0n) is 12.1. The van der Waals surface area contributed by atoms with Gasteiger partial charge in [0.25, 0.3) is 5.91 Å². The lowest BCUT2D eigenvalue weighted by Gasteiger charge is -2.04. The Balaban J connectivity index is 1.65. The van der Waals surface area contributed by atoms with Crippen LogP contribution in [0.4, 0.5) is 0 Å². The summed E-state index contributed by atoms with van der Waals surface area (Å²) in [7, 11) is 0. The summed E-state index contributed by atoms with van der Waals surface area (Å²) in [6.07, 6.45) is 5.59. The van der Waals surface area contributed by atoms with E-state index < -0.39 is 0 Å². The molecule has 0 spiro atoms. The predicted octanol–water partition coefficient (Wildman–Crippen LogP) is 3.61. The van der Waals surface area contributed by atoms with Crippen LogP contribution in [0.1, 0.15) is 20.8 Å². The van der Waals surface area contributed by atoms with Crippen LogP contribution in [-0.4, -0.2) is 16.7 Å². The zero-order valence-corrected chi connectivity index (χ0v) is 12.9. The molecule has 0 aliphatic heterocycles. The summed E-state index contributed by atoms with van der Waals surface area (Å²) in [4.78, 5) is 13.1. The van der Waals surface area contributed by atoms with Gasteiger partial charge in [0.05, 0.1) is 6.21 Å². The summed E-state index contributed by atoms with van der Waals surface area (Å²) >= 11 is 1.59. The molecule has 0 saturated carbocycles. The number of carbonyl (C=O) groups is 1. The first kappa shape index (κ1) is 14.3. The Hall–Kier alpha value is -2.66. The van der Waals surface area contributed by atoms with Crippen molar-refractivity contribution in [3.05, 3.63) is 76.2 Å². The molecule has 110 valence electrons. The Kier molecular flexibility index (Phi) is 4.16. The molecule has 2 aromatic heterocycles. The topological polar surface area (TPSA) is 46.4 Å². The lowest BCUT2D eigenvalue weighted by Crippen LogP contribution is -2.17. The van der Waals surface area contributed by atoms with E-state index in [1.165, 1.54) is 0 Å². The van der Waals surface area contributed by atoms with Crippen molar-refractivity contribution in [2.75, 3.05) is 0 Å². The number of hydrazone groups is 1. The maximum Gasteiger partial charge on any atom is 0.271 e. The number of carbonyl (C=O) groups excluding carboxylic acids is 1. The molecule has 2 heterocycles. The van der Waals surface area contributed by atoms with Crippen molar-refractivity contribution in [3.63, 3.8) is 0 Å². The highest BCUT2D eigenvalue weighted by molar-refractivity contribution is 7.11. The molecule has 5 heteroatoms. The number of amides is 1. The molecule has 3 rings (SSSR count). The number of benzene rings is 1. The number of aryl methyl sites for hydroxylation is 1. The standard InChI is InChI=1S/C17H15N3OS/c1-13-8-11-22-16(13)12-18-19-17(21)14-4-6-15(7-5-14)20-9-2-3-10-20/h2-12H,1H3,(H,19,21)/b18-12+. The van der Waals surface area contributed by atoms with Crippen LogP contribution in [0.5, 0.6) is 0 Å². The van der Waals surface area contributed by atoms with E-state index in [0.29, 0.717) is 5.56 Å². The lowest BCUT2D eigenvalue weighted by molar-refractivity contribution is 0.0955. The predicted molar refractivity (Wildman–Crippen MR) is 89.9 cm³/mol. The third-order valence-corrected chi connectivity index (χ3v) is 4.24.